The summed E-state index contributed by atoms with van der Waals surface area (Å²) in [6, 6.07) is -0.804. The van der Waals surface area contributed by atoms with Crippen LogP contribution in [0.2, 0.25) is 0 Å². The second-order valence-corrected chi connectivity index (χ2v) is 24.6. The number of carbonyl (C=O) groups excluding carboxylic acids is 2. The van der Waals surface area contributed by atoms with Gasteiger partial charge in [-0.25, -0.2) is 0 Å². The number of nitrogens with one attached hydrogen (secondary N) is 1. The number of allylic oxidation sites excluding steroid dienone is 1. The third-order valence-electron chi connectivity index (χ3n) is 16.9. The minimum Gasteiger partial charge on any atom is -0.466 e. The molecule has 0 aromatic rings. The SMILES string of the molecule is CCCCCCCCC/C=C/C(O)C(COC1OC(CO)C(O)C(O)C1O)NC(=O)CCCCCCCCCCCCCCCCCCCCCCCCCCCCCCCCCCOC(=O)CCCCCCCCCCCCC. The van der Waals surface area contributed by atoms with Crippen LogP contribution in [-0.2, 0) is 23.8 Å². The number of carbonyl (C=O) groups is 2. The molecule has 1 saturated heterocycles. The first-order valence-corrected chi connectivity index (χ1v) is 35.0. The number of rotatable bonds is 62. The van der Waals surface area contributed by atoms with E-state index in [1.54, 1.807) is 6.08 Å². The number of esters is 1. The first kappa shape index (κ1) is 76.4. The molecule has 1 aliphatic rings. The standard InChI is InChI=1S/C69H133NO10/c1-3-5-7-9-11-13-36-41-45-49-53-57-65(74)78-58-54-50-46-42-38-35-33-31-29-27-25-23-21-19-17-15-14-16-18-20-22-24-26-28-30-32-34-37-40-44-48-52-56-64(73)70-61(62(72)55-51-47-43-39-12-10-8-6-4-2)60-79-69-68(77)67(76)66(75)63(59-71)80-69/h51,55,61-63,66-69,71-72,75-77H,3-50,52-54,56-60H2,1-2H3,(H,70,73)/b55-51+. The number of hydrogen-bond acceptors (Lipinski definition) is 10. The third-order valence-corrected chi connectivity index (χ3v) is 16.9. The van der Waals surface area contributed by atoms with Gasteiger partial charge in [0, 0.05) is 12.8 Å². The zero-order valence-corrected chi connectivity index (χ0v) is 52.6. The Morgan fingerprint density at radius 3 is 1.16 bits per heavy atom. The quantitative estimate of drug-likeness (QED) is 0.0195. The van der Waals surface area contributed by atoms with Crippen molar-refractivity contribution in [1.82, 2.24) is 5.32 Å². The fraction of sp³-hybridized carbons (Fsp3) is 0.942. The summed E-state index contributed by atoms with van der Waals surface area (Å²) in [6.45, 7) is 4.35. The van der Waals surface area contributed by atoms with E-state index in [0.717, 1.165) is 51.4 Å². The molecule has 0 aromatic heterocycles. The second kappa shape index (κ2) is 59.1. The van der Waals surface area contributed by atoms with E-state index in [0.29, 0.717) is 19.4 Å². The molecule has 0 aliphatic carbocycles. The Labute approximate surface area is 493 Å². The van der Waals surface area contributed by atoms with E-state index in [1.807, 2.05) is 6.08 Å². The lowest BCUT2D eigenvalue weighted by Gasteiger charge is -2.40. The molecule has 6 N–H and O–H groups in total. The van der Waals surface area contributed by atoms with Gasteiger partial charge in [-0.2, -0.15) is 0 Å². The monoisotopic (exact) mass is 1140 g/mol. The van der Waals surface area contributed by atoms with E-state index in [4.69, 9.17) is 14.2 Å². The zero-order chi connectivity index (χ0) is 58.0. The second-order valence-electron chi connectivity index (χ2n) is 24.6. The summed E-state index contributed by atoms with van der Waals surface area (Å²) in [7, 11) is 0. The summed E-state index contributed by atoms with van der Waals surface area (Å²) >= 11 is 0. The Hall–Kier alpha value is -1.60. The van der Waals surface area contributed by atoms with Crippen molar-refractivity contribution in [2.75, 3.05) is 19.8 Å². The van der Waals surface area contributed by atoms with E-state index < -0.39 is 49.5 Å². The summed E-state index contributed by atoms with van der Waals surface area (Å²) in [5.41, 5.74) is 0. The molecule has 7 atom stereocenters. The number of aliphatic hydroxyl groups is 5. The van der Waals surface area contributed by atoms with Gasteiger partial charge in [-0.15, -0.1) is 0 Å². The van der Waals surface area contributed by atoms with Crippen LogP contribution < -0.4 is 5.32 Å². The molecule has 1 heterocycles. The highest BCUT2D eigenvalue weighted by atomic mass is 16.7. The topological polar surface area (TPSA) is 175 Å². The molecule has 474 valence electrons. The van der Waals surface area contributed by atoms with Crippen molar-refractivity contribution in [1.29, 1.82) is 0 Å². The lowest BCUT2D eigenvalue weighted by molar-refractivity contribution is -0.302. The van der Waals surface area contributed by atoms with Gasteiger partial charge in [0.1, 0.15) is 24.4 Å². The van der Waals surface area contributed by atoms with Crippen molar-refractivity contribution < 1.29 is 49.3 Å². The van der Waals surface area contributed by atoms with Crippen LogP contribution in [0.3, 0.4) is 0 Å². The summed E-state index contributed by atoms with van der Waals surface area (Å²) in [5, 5.41) is 54.3. The van der Waals surface area contributed by atoms with Crippen molar-refractivity contribution in [2.45, 2.75) is 397 Å². The molecule has 1 rings (SSSR count). The van der Waals surface area contributed by atoms with E-state index in [2.05, 4.69) is 19.2 Å². The molecular weight excluding hydrogens is 1000 g/mol. The van der Waals surface area contributed by atoms with Crippen molar-refractivity contribution in [3.05, 3.63) is 12.2 Å². The molecule has 0 bridgehead atoms. The molecule has 7 unspecified atom stereocenters. The first-order valence-electron chi connectivity index (χ1n) is 35.0. The molecular formula is C69H133NO10. The molecule has 1 aliphatic heterocycles. The van der Waals surface area contributed by atoms with Gasteiger partial charge in [-0.3, -0.25) is 9.59 Å². The fourth-order valence-corrected chi connectivity index (χ4v) is 11.4. The number of ether oxygens (including phenoxy) is 3. The van der Waals surface area contributed by atoms with Crippen LogP contribution in [0.1, 0.15) is 354 Å². The van der Waals surface area contributed by atoms with Gasteiger partial charge in [-0.05, 0) is 32.1 Å². The zero-order valence-electron chi connectivity index (χ0n) is 52.6. The van der Waals surface area contributed by atoms with E-state index in [9.17, 15) is 35.1 Å². The third kappa shape index (κ3) is 47.7. The molecule has 1 amide bonds. The van der Waals surface area contributed by atoms with Crippen LogP contribution in [-0.4, -0.2) is 100 Å². The van der Waals surface area contributed by atoms with Crippen LogP contribution >= 0.6 is 0 Å². The average Bonchev–Trinajstić information content (AvgIpc) is 3.45. The number of unbranched alkanes of at least 4 members (excludes halogenated alkanes) is 48. The van der Waals surface area contributed by atoms with E-state index in [-0.39, 0.29) is 18.5 Å². The van der Waals surface area contributed by atoms with Crippen molar-refractivity contribution in [3.8, 4) is 0 Å². The van der Waals surface area contributed by atoms with E-state index >= 15 is 0 Å². The minimum absolute atomic E-state index is 0.0139. The van der Waals surface area contributed by atoms with Gasteiger partial charge in [0.25, 0.3) is 0 Å². The van der Waals surface area contributed by atoms with Crippen molar-refractivity contribution in [3.63, 3.8) is 0 Å². The summed E-state index contributed by atoms with van der Waals surface area (Å²) in [5.74, 6) is -0.163. The van der Waals surface area contributed by atoms with Gasteiger partial charge in [0.2, 0.25) is 5.91 Å². The Morgan fingerprint density at radius 1 is 0.450 bits per heavy atom. The molecule has 0 saturated carbocycles. The Morgan fingerprint density at radius 2 is 0.787 bits per heavy atom. The maximum Gasteiger partial charge on any atom is 0.305 e. The molecule has 11 nitrogen and oxygen atoms in total. The number of hydrogen-bond donors (Lipinski definition) is 6. The normalized spacial score (nSPS) is 18.3. The highest BCUT2D eigenvalue weighted by Gasteiger charge is 2.44. The van der Waals surface area contributed by atoms with Gasteiger partial charge in [-0.1, -0.05) is 321 Å². The van der Waals surface area contributed by atoms with E-state index in [1.165, 1.54) is 276 Å². The molecule has 1 fully saturated rings. The minimum atomic E-state index is -1.57. The Kier molecular flexibility index (Phi) is 56.5. The van der Waals surface area contributed by atoms with Crippen LogP contribution in [0.5, 0.6) is 0 Å². The molecule has 11 heteroatoms. The molecule has 0 aromatic carbocycles. The number of amides is 1. The predicted octanol–water partition coefficient (Wildman–Crippen LogP) is 17.5. The molecule has 0 spiro atoms. The lowest BCUT2D eigenvalue weighted by Crippen LogP contribution is -2.60. The Bertz CT molecular complexity index is 1330. The summed E-state index contributed by atoms with van der Waals surface area (Å²) < 4.78 is 16.7. The fourth-order valence-electron chi connectivity index (χ4n) is 11.4. The van der Waals surface area contributed by atoms with Crippen LogP contribution in [0, 0.1) is 0 Å². The largest absolute Gasteiger partial charge is 0.466 e. The first-order chi connectivity index (χ1) is 39.2. The highest BCUT2D eigenvalue weighted by molar-refractivity contribution is 5.76. The van der Waals surface area contributed by atoms with Crippen LogP contribution in [0.25, 0.3) is 0 Å². The van der Waals surface area contributed by atoms with Gasteiger partial charge in [0.15, 0.2) is 6.29 Å². The predicted molar refractivity (Wildman–Crippen MR) is 334 cm³/mol. The van der Waals surface area contributed by atoms with Gasteiger partial charge in [0.05, 0.1) is 32.0 Å². The van der Waals surface area contributed by atoms with Crippen molar-refractivity contribution in [2.24, 2.45) is 0 Å². The van der Waals surface area contributed by atoms with Crippen LogP contribution in [0.4, 0.5) is 0 Å². The smallest absolute Gasteiger partial charge is 0.305 e. The summed E-state index contributed by atoms with van der Waals surface area (Å²) in [6.07, 6.45) is 62.3. The number of aliphatic hydroxyl groups excluding tert-OH is 5. The maximum atomic E-state index is 13.0. The van der Waals surface area contributed by atoms with Crippen molar-refractivity contribution >= 4 is 11.9 Å². The van der Waals surface area contributed by atoms with Gasteiger partial charge >= 0.3 is 5.97 Å². The lowest BCUT2D eigenvalue weighted by atomic mass is 9.99. The van der Waals surface area contributed by atoms with Crippen LogP contribution in [0.15, 0.2) is 12.2 Å². The average molecular weight is 1140 g/mol. The molecule has 80 heavy (non-hydrogen) atoms. The Balaban J connectivity index is 1.90. The maximum absolute atomic E-state index is 13.0. The highest BCUT2D eigenvalue weighted by Crippen LogP contribution is 2.23. The van der Waals surface area contributed by atoms with Gasteiger partial charge < -0.3 is 45.1 Å². The molecule has 0 radical (unpaired) electrons. The summed E-state index contributed by atoms with van der Waals surface area (Å²) in [4.78, 5) is 25.0.